The third kappa shape index (κ3) is 5.34. The Kier molecular flexibility index (Phi) is 6.65. The Morgan fingerprint density at radius 2 is 1.43 bits per heavy atom. The molecule has 5 heteroatoms. The fourth-order valence-electron chi connectivity index (χ4n) is 2.67. The minimum absolute atomic E-state index is 0.0947. The van der Waals surface area contributed by atoms with Gasteiger partial charge >= 0.3 is 5.97 Å². The monoisotopic (exact) mass is 377 g/mol. The first-order valence-corrected chi connectivity index (χ1v) is 9.16. The van der Waals surface area contributed by atoms with Crippen molar-refractivity contribution in [1.82, 2.24) is 0 Å². The summed E-state index contributed by atoms with van der Waals surface area (Å²) in [5.74, 6) is 2.12. The quantitative estimate of drug-likeness (QED) is 0.545. The number of nitrogens with two attached hydrogens (primary N) is 1. The molecule has 0 heterocycles. The molecule has 28 heavy (non-hydrogen) atoms. The van der Waals surface area contributed by atoms with Crippen LogP contribution in [-0.2, 0) is 9.53 Å². The van der Waals surface area contributed by atoms with E-state index in [0.29, 0.717) is 29.6 Å². The summed E-state index contributed by atoms with van der Waals surface area (Å²) in [4.78, 5) is 11.8. The molecule has 2 N–H and O–H groups in total. The van der Waals surface area contributed by atoms with Gasteiger partial charge in [0.2, 0.25) is 0 Å². The molecule has 0 radical (unpaired) electrons. The Bertz CT molecular complexity index is 897. The molecule has 0 aliphatic heterocycles. The first-order chi connectivity index (χ1) is 13.7. The number of para-hydroxylation sites is 2. The molecular formula is C23H23NO4. The molecule has 1 atom stereocenters. The number of esters is 1. The van der Waals surface area contributed by atoms with Crippen LogP contribution in [0.4, 0.5) is 0 Å². The summed E-state index contributed by atoms with van der Waals surface area (Å²) < 4.78 is 17.0. The lowest BCUT2D eigenvalue weighted by Gasteiger charge is -2.16. The smallest absolute Gasteiger partial charge is 0.307 e. The van der Waals surface area contributed by atoms with Crippen LogP contribution in [0.15, 0.2) is 78.9 Å². The van der Waals surface area contributed by atoms with Crippen LogP contribution in [0.25, 0.3) is 0 Å². The van der Waals surface area contributed by atoms with Gasteiger partial charge in [-0.15, -0.1) is 0 Å². The summed E-state index contributed by atoms with van der Waals surface area (Å²) in [5.41, 5.74) is 6.96. The van der Waals surface area contributed by atoms with Crippen LogP contribution < -0.4 is 15.2 Å². The minimum Gasteiger partial charge on any atom is -0.466 e. The number of benzene rings is 3. The van der Waals surface area contributed by atoms with Crippen LogP contribution >= 0.6 is 0 Å². The molecule has 5 nitrogen and oxygen atoms in total. The molecular weight excluding hydrogens is 354 g/mol. The van der Waals surface area contributed by atoms with Crippen LogP contribution in [0.2, 0.25) is 0 Å². The first-order valence-electron chi connectivity index (χ1n) is 9.16. The number of hydrogen-bond donors (Lipinski definition) is 1. The lowest BCUT2D eigenvalue weighted by atomic mass is 10.0. The van der Waals surface area contributed by atoms with Gasteiger partial charge in [0.05, 0.1) is 13.0 Å². The molecule has 0 aromatic heterocycles. The van der Waals surface area contributed by atoms with Crippen LogP contribution in [0, 0.1) is 0 Å². The van der Waals surface area contributed by atoms with Crippen LogP contribution in [0.3, 0.4) is 0 Å². The van der Waals surface area contributed by atoms with Gasteiger partial charge in [0.25, 0.3) is 0 Å². The van der Waals surface area contributed by atoms with Crippen molar-refractivity contribution in [2.24, 2.45) is 5.73 Å². The Morgan fingerprint density at radius 1 is 0.857 bits per heavy atom. The van der Waals surface area contributed by atoms with Crippen molar-refractivity contribution in [2.75, 3.05) is 6.61 Å². The van der Waals surface area contributed by atoms with Gasteiger partial charge in [0.1, 0.15) is 11.5 Å². The van der Waals surface area contributed by atoms with Gasteiger partial charge in [-0.05, 0) is 48.9 Å². The Hall–Kier alpha value is -3.31. The molecule has 0 saturated carbocycles. The highest BCUT2D eigenvalue weighted by Crippen LogP contribution is 2.37. The second-order valence-corrected chi connectivity index (χ2v) is 6.15. The van der Waals surface area contributed by atoms with Crippen molar-refractivity contribution in [3.63, 3.8) is 0 Å². The molecule has 0 unspecified atom stereocenters. The Morgan fingerprint density at radius 3 is 2.00 bits per heavy atom. The molecule has 0 aliphatic carbocycles. The highest BCUT2D eigenvalue weighted by Gasteiger charge is 2.16. The third-order valence-electron chi connectivity index (χ3n) is 4.03. The van der Waals surface area contributed by atoms with Gasteiger partial charge in [-0.3, -0.25) is 4.79 Å². The first kappa shape index (κ1) is 19.5. The van der Waals surface area contributed by atoms with Crippen molar-refractivity contribution in [3.05, 3.63) is 84.4 Å². The summed E-state index contributed by atoms with van der Waals surface area (Å²) in [6, 6.07) is 23.8. The van der Waals surface area contributed by atoms with Gasteiger partial charge < -0.3 is 19.9 Å². The van der Waals surface area contributed by atoms with E-state index in [-0.39, 0.29) is 12.4 Å². The molecule has 0 amide bonds. The van der Waals surface area contributed by atoms with Crippen molar-refractivity contribution in [2.45, 2.75) is 19.4 Å². The lowest BCUT2D eigenvalue weighted by molar-refractivity contribution is -0.143. The highest BCUT2D eigenvalue weighted by molar-refractivity contribution is 5.70. The van der Waals surface area contributed by atoms with Gasteiger partial charge in [0.15, 0.2) is 11.5 Å². The molecule has 0 spiro atoms. The number of carbonyl (C=O) groups is 1. The molecule has 144 valence electrons. The average Bonchev–Trinajstić information content (AvgIpc) is 2.71. The molecule has 0 bridgehead atoms. The number of rotatable bonds is 8. The second-order valence-electron chi connectivity index (χ2n) is 6.15. The number of ether oxygens (including phenoxy) is 3. The van der Waals surface area contributed by atoms with E-state index >= 15 is 0 Å². The van der Waals surface area contributed by atoms with E-state index in [1.165, 1.54) is 0 Å². The van der Waals surface area contributed by atoms with Crippen LogP contribution in [-0.4, -0.2) is 12.6 Å². The molecule has 3 aromatic carbocycles. The van der Waals surface area contributed by atoms with Gasteiger partial charge in [-0.2, -0.15) is 0 Å². The largest absolute Gasteiger partial charge is 0.466 e. The molecule has 0 fully saturated rings. The second kappa shape index (κ2) is 9.58. The van der Waals surface area contributed by atoms with Gasteiger partial charge in [0, 0.05) is 6.04 Å². The topological polar surface area (TPSA) is 70.8 Å². The van der Waals surface area contributed by atoms with Gasteiger partial charge in [-0.1, -0.05) is 42.5 Å². The van der Waals surface area contributed by atoms with E-state index in [2.05, 4.69) is 0 Å². The summed E-state index contributed by atoms with van der Waals surface area (Å²) in [6.45, 7) is 2.10. The fourth-order valence-corrected chi connectivity index (χ4v) is 2.67. The number of hydrogen-bond acceptors (Lipinski definition) is 5. The van der Waals surface area contributed by atoms with Gasteiger partial charge in [-0.25, -0.2) is 0 Å². The zero-order valence-electron chi connectivity index (χ0n) is 15.7. The average molecular weight is 377 g/mol. The summed E-state index contributed by atoms with van der Waals surface area (Å²) >= 11 is 0. The highest BCUT2D eigenvalue weighted by atomic mass is 16.5. The summed E-state index contributed by atoms with van der Waals surface area (Å²) in [5, 5.41) is 0. The van der Waals surface area contributed by atoms with E-state index < -0.39 is 6.04 Å². The van der Waals surface area contributed by atoms with Crippen LogP contribution in [0.1, 0.15) is 24.9 Å². The van der Waals surface area contributed by atoms with E-state index in [1.807, 2.05) is 66.7 Å². The van der Waals surface area contributed by atoms with Crippen molar-refractivity contribution < 1.29 is 19.0 Å². The number of carbonyl (C=O) groups excluding carboxylic acids is 1. The van der Waals surface area contributed by atoms with E-state index in [1.54, 1.807) is 19.1 Å². The zero-order chi connectivity index (χ0) is 19.8. The normalized spacial score (nSPS) is 11.5. The molecule has 3 rings (SSSR count). The lowest BCUT2D eigenvalue weighted by Crippen LogP contribution is -2.17. The van der Waals surface area contributed by atoms with E-state index in [4.69, 9.17) is 19.9 Å². The molecule has 3 aromatic rings. The van der Waals surface area contributed by atoms with Crippen molar-refractivity contribution in [3.8, 4) is 23.0 Å². The standard InChI is InChI=1S/C23H23NO4/c1-2-26-23(25)16-20(24)17-13-14-21(27-18-9-5-3-6-10-18)22(15-17)28-19-11-7-4-8-12-19/h3-15,20H,2,16,24H2,1H3/t20-/m0/s1. The maximum Gasteiger partial charge on any atom is 0.307 e. The van der Waals surface area contributed by atoms with Crippen molar-refractivity contribution in [1.29, 1.82) is 0 Å². The third-order valence-corrected chi connectivity index (χ3v) is 4.03. The molecule has 0 aliphatic rings. The van der Waals surface area contributed by atoms with Crippen molar-refractivity contribution >= 4 is 5.97 Å². The minimum atomic E-state index is -0.497. The SMILES string of the molecule is CCOC(=O)C[C@H](N)c1ccc(Oc2ccccc2)c(Oc2ccccc2)c1. The maximum atomic E-state index is 11.8. The predicted octanol–water partition coefficient (Wildman–Crippen LogP) is 5.22. The Balaban J connectivity index is 1.87. The van der Waals surface area contributed by atoms with E-state index in [0.717, 1.165) is 5.56 Å². The Labute approximate surface area is 164 Å². The fraction of sp³-hybridized carbons (Fsp3) is 0.174. The van der Waals surface area contributed by atoms with Crippen LogP contribution in [0.5, 0.6) is 23.0 Å². The predicted molar refractivity (Wildman–Crippen MR) is 108 cm³/mol. The zero-order valence-corrected chi connectivity index (χ0v) is 15.7. The van der Waals surface area contributed by atoms with E-state index in [9.17, 15) is 4.79 Å². The summed E-state index contributed by atoms with van der Waals surface area (Å²) in [6.07, 6.45) is 0.0947. The summed E-state index contributed by atoms with van der Waals surface area (Å²) in [7, 11) is 0. The molecule has 0 saturated heterocycles. The maximum absolute atomic E-state index is 11.8.